The average Bonchev–Trinajstić information content (AvgIpc) is 2.49. The number of hydrogen-bond donors (Lipinski definition) is 2. The lowest BCUT2D eigenvalue weighted by molar-refractivity contribution is -0.141. The van der Waals surface area contributed by atoms with E-state index < -0.39 is 18.0 Å². The van der Waals surface area contributed by atoms with Gasteiger partial charge in [-0.3, -0.25) is 9.59 Å². The molecule has 0 bridgehead atoms. The summed E-state index contributed by atoms with van der Waals surface area (Å²) >= 11 is 0. The van der Waals surface area contributed by atoms with Gasteiger partial charge in [-0.15, -0.1) is 6.58 Å². The van der Waals surface area contributed by atoms with E-state index in [-0.39, 0.29) is 5.91 Å². The molecule has 0 aromatic heterocycles. The van der Waals surface area contributed by atoms with Gasteiger partial charge in [0.2, 0.25) is 0 Å². The molecule has 22 heavy (non-hydrogen) atoms. The second-order valence-corrected chi connectivity index (χ2v) is 5.22. The predicted molar refractivity (Wildman–Crippen MR) is 85.8 cm³/mol. The number of carboxylic acids is 1. The van der Waals surface area contributed by atoms with Crippen LogP contribution in [0.25, 0.3) is 0 Å². The number of benzene rings is 1. The van der Waals surface area contributed by atoms with Gasteiger partial charge in [-0.2, -0.15) is 0 Å². The van der Waals surface area contributed by atoms with Gasteiger partial charge in [0, 0.05) is 5.69 Å². The number of carbonyl (C=O) groups excluding carboxylic acids is 1. The average molecular weight is 305 g/mol. The fourth-order valence-corrected chi connectivity index (χ4v) is 1.81. The van der Waals surface area contributed by atoms with Crippen molar-refractivity contribution in [2.24, 2.45) is 5.92 Å². The number of rotatable bonds is 9. The normalized spacial score (nSPS) is 13.2. The maximum absolute atomic E-state index is 11.9. The van der Waals surface area contributed by atoms with E-state index in [0.29, 0.717) is 25.1 Å². The Morgan fingerprint density at radius 3 is 2.50 bits per heavy atom. The number of aliphatic carboxylic acids is 1. The van der Waals surface area contributed by atoms with E-state index in [1.165, 1.54) is 0 Å². The summed E-state index contributed by atoms with van der Waals surface area (Å²) in [4.78, 5) is 22.7. The van der Waals surface area contributed by atoms with Crippen molar-refractivity contribution in [2.45, 2.75) is 32.8 Å². The number of hydrogen-bond acceptors (Lipinski definition) is 3. The molecule has 5 heteroatoms. The highest BCUT2D eigenvalue weighted by Crippen LogP contribution is 2.14. The SMILES string of the molecule is C=CCCOC(C)C(=O)Nc1ccc(CC(C)C(=O)O)cc1. The van der Waals surface area contributed by atoms with Crippen LogP contribution >= 0.6 is 0 Å². The van der Waals surface area contributed by atoms with Crippen molar-refractivity contribution in [3.8, 4) is 0 Å². The molecule has 5 nitrogen and oxygen atoms in total. The van der Waals surface area contributed by atoms with Crippen molar-refractivity contribution >= 4 is 17.6 Å². The Morgan fingerprint density at radius 1 is 1.32 bits per heavy atom. The summed E-state index contributed by atoms with van der Waals surface area (Å²) < 4.78 is 5.37. The summed E-state index contributed by atoms with van der Waals surface area (Å²) in [7, 11) is 0. The molecule has 0 aliphatic carbocycles. The van der Waals surface area contributed by atoms with Crippen molar-refractivity contribution in [1.82, 2.24) is 0 Å². The van der Waals surface area contributed by atoms with Gasteiger partial charge in [0.15, 0.2) is 0 Å². The third-order valence-electron chi connectivity index (χ3n) is 3.24. The van der Waals surface area contributed by atoms with Gasteiger partial charge in [-0.1, -0.05) is 25.1 Å². The van der Waals surface area contributed by atoms with Gasteiger partial charge in [-0.25, -0.2) is 0 Å². The van der Waals surface area contributed by atoms with Crippen LogP contribution in [-0.2, 0) is 20.7 Å². The first-order valence-electron chi connectivity index (χ1n) is 7.29. The van der Waals surface area contributed by atoms with Gasteiger partial charge in [0.05, 0.1) is 12.5 Å². The third-order valence-corrected chi connectivity index (χ3v) is 3.24. The zero-order chi connectivity index (χ0) is 16.5. The second-order valence-electron chi connectivity index (χ2n) is 5.22. The molecule has 1 aromatic carbocycles. The molecule has 0 spiro atoms. The van der Waals surface area contributed by atoms with Crippen LogP contribution in [0, 0.1) is 5.92 Å². The van der Waals surface area contributed by atoms with Crippen molar-refractivity contribution in [1.29, 1.82) is 0 Å². The van der Waals surface area contributed by atoms with Crippen LogP contribution in [0.2, 0.25) is 0 Å². The van der Waals surface area contributed by atoms with Crippen LogP contribution in [0.1, 0.15) is 25.8 Å². The largest absolute Gasteiger partial charge is 0.481 e. The van der Waals surface area contributed by atoms with E-state index in [4.69, 9.17) is 9.84 Å². The molecular formula is C17H23NO4. The standard InChI is InChI=1S/C17H23NO4/c1-4-5-10-22-13(3)16(19)18-15-8-6-14(7-9-15)11-12(2)17(20)21/h4,6-9,12-13H,1,5,10-11H2,2-3H3,(H,18,19)(H,20,21). The Kier molecular flexibility index (Phi) is 7.32. The molecule has 1 rings (SSSR count). The monoisotopic (exact) mass is 305 g/mol. The first-order chi connectivity index (χ1) is 10.4. The maximum Gasteiger partial charge on any atom is 0.306 e. The van der Waals surface area contributed by atoms with Crippen molar-refractivity contribution in [3.05, 3.63) is 42.5 Å². The Bertz CT molecular complexity index is 510. The molecule has 2 unspecified atom stereocenters. The van der Waals surface area contributed by atoms with Crippen LogP contribution in [-0.4, -0.2) is 29.7 Å². The smallest absolute Gasteiger partial charge is 0.306 e. The Labute approximate surface area is 131 Å². The predicted octanol–water partition coefficient (Wildman–Crippen LogP) is 2.87. The molecule has 2 atom stereocenters. The molecule has 1 amide bonds. The number of nitrogens with one attached hydrogen (secondary N) is 1. The Balaban J connectivity index is 2.51. The third kappa shape index (κ3) is 6.10. The summed E-state index contributed by atoms with van der Waals surface area (Å²) in [5, 5.41) is 11.7. The number of anilines is 1. The van der Waals surface area contributed by atoms with Crippen molar-refractivity contribution < 1.29 is 19.4 Å². The zero-order valence-corrected chi connectivity index (χ0v) is 13.0. The van der Waals surface area contributed by atoms with E-state index in [1.807, 2.05) is 12.1 Å². The van der Waals surface area contributed by atoms with E-state index in [2.05, 4.69) is 11.9 Å². The minimum absolute atomic E-state index is 0.212. The molecule has 0 saturated carbocycles. The zero-order valence-electron chi connectivity index (χ0n) is 13.0. The number of amides is 1. The molecule has 2 N–H and O–H groups in total. The van der Waals surface area contributed by atoms with Crippen LogP contribution in [0.15, 0.2) is 36.9 Å². The quantitative estimate of drug-likeness (QED) is 0.543. The molecule has 0 aliphatic heterocycles. The summed E-state index contributed by atoms with van der Waals surface area (Å²) in [5.74, 6) is -1.46. The highest BCUT2D eigenvalue weighted by atomic mass is 16.5. The van der Waals surface area contributed by atoms with Crippen LogP contribution < -0.4 is 5.32 Å². The van der Waals surface area contributed by atoms with Crippen LogP contribution in [0.3, 0.4) is 0 Å². The topological polar surface area (TPSA) is 75.6 Å². The summed E-state index contributed by atoms with van der Waals surface area (Å²) in [5.41, 5.74) is 1.58. The summed E-state index contributed by atoms with van der Waals surface area (Å²) in [6.07, 6.45) is 2.37. The fourth-order valence-electron chi connectivity index (χ4n) is 1.81. The Morgan fingerprint density at radius 2 is 1.95 bits per heavy atom. The molecule has 0 saturated heterocycles. The van der Waals surface area contributed by atoms with Gasteiger partial charge in [0.1, 0.15) is 6.10 Å². The van der Waals surface area contributed by atoms with Gasteiger partial charge < -0.3 is 15.2 Å². The lowest BCUT2D eigenvalue weighted by Crippen LogP contribution is -2.28. The number of carboxylic acid groups (broad SMARTS) is 1. The van der Waals surface area contributed by atoms with Gasteiger partial charge >= 0.3 is 5.97 Å². The lowest BCUT2D eigenvalue weighted by Gasteiger charge is -2.13. The summed E-state index contributed by atoms with van der Waals surface area (Å²) in [6, 6.07) is 7.16. The summed E-state index contributed by atoms with van der Waals surface area (Å²) in [6.45, 7) is 7.42. The number of carbonyl (C=O) groups is 2. The van der Waals surface area contributed by atoms with E-state index in [1.54, 1.807) is 32.1 Å². The number of ether oxygens (including phenoxy) is 1. The fraction of sp³-hybridized carbons (Fsp3) is 0.412. The van der Waals surface area contributed by atoms with Crippen LogP contribution in [0.4, 0.5) is 5.69 Å². The van der Waals surface area contributed by atoms with E-state index in [9.17, 15) is 9.59 Å². The molecule has 0 fully saturated rings. The molecule has 1 aromatic rings. The van der Waals surface area contributed by atoms with Crippen molar-refractivity contribution in [2.75, 3.05) is 11.9 Å². The van der Waals surface area contributed by atoms with Gasteiger partial charge in [0.25, 0.3) is 5.91 Å². The second kappa shape index (κ2) is 9.00. The molecule has 0 aliphatic rings. The van der Waals surface area contributed by atoms with Crippen LogP contribution in [0.5, 0.6) is 0 Å². The highest BCUT2D eigenvalue weighted by molar-refractivity contribution is 5.93. The maximum atomic E-state index is 11.9. The molecule has 0 radical (unpaired) electrons. The molecular weight excluding hydrogens is 282 g/mol. The molecule has 120 valence electrons. The highest BCUT2D eigenvalue weighted by Gasteiger charge is 2.14. The first kappa shape index (κ1) is 17.9. The Hall–Kier alpha value is -2.14. The first-order valence-corrected chi connectivity index (χ1v) is 7.29. The lowest BCUT2D eigenvalue weighted by atomic mass is 10.0. The van der Waals surface area contributed by atoms with E-state index >= 15 is 0 Å². The minimum atomic E-state index is -0.817. The van der Waals surface area contributed by atoms with Crippen molar-refractivity contribution in [3.63, 3.8) is 0 Å². The minimum Gasteiger partial charge on any atom is -0.481 e. The van der Waals surface area contributed by atoms with E-state index in [0.717, 1.165) is 5.56 Å². The van der Waals surface area contributed by atoms with Gasteiger partial charge in [-0.05, 0) is 37.5 Å². The molecule has 0 heterocycles.